The lowest BCUT2D eigenvalue weighted by atomic mass is 9.77. The highest BCUT2D eigenvalue weighted by molar-refractivity contribution is 5.32. The number of benzene rings is 1. The molecule has 0 saturated heterocycles. The van der Waals surface area contributed by atoms with E-state index in [2.05, 4.69) is 6.92 Å². The number of ether oxygens (including phenoxy) is 1. The van der Waals surface area contributed by atoms with Crippen molar-refractivity contribution in [3.05, 3.63) is 29.3 Å². The van der Waals surface area contributed by atoms with Gasteiger partial charge in [0.05, 0.1) is 12.7 Å². The average Bonchev–Trinajstić information content (AvgIpc) is 2.56. The number of aliphatic hydroxyl groups excluding tert-OH is 1. The minimum absolute atomic E-state index is 0.0131. The minimum Gasteiger partial charge on any atom is -0.490 e. The van der Waals surface area contributed by atoms with Gasteiger partial charge in [0.25, 0.3) is 0 Å². The van der Waals surface area contributed by atoms with Crippen molar-refractivity contribution in [3.63, 3.8) is 0 Å². The zero-order chi connectivity index (χ0) is 16.1. The van der Waals surface area contributed by atoms with Gasteiger partial charge in [0.2, 0.25) is 5.82 Å². The highest BCUT2D eigenvalue weighted by atomic mass is 19.2. The average molecular weight is 312 g/mol. The van der Waals surface area contributed by atoms with Crippen LogP contribution in [0.5, 0.6) is 5.75 Å². The molecule has 1 saturated carbocycles. The van der Waals surface area contributed by atoms with Crippen LogP contribution in [0.2, 0.25) is 0 Å². The molecular formula is C18H26F2O2. The van der Waals surface area contributed by atoms with E-state index in [4.69, 9.17) is 4.74 Å². The van der Waals surface area contributed by atoms with Crippen molar-refractivity contribution in [1.82, 2.24) is 0 Å². The summed E-state index contributed by atoms with van der Waals surface area (Å²) in [7, 11) is 0. The summed E-state index contributed by atoms with van der Waals surface area (Å²) in [5.41, 5.74) is 0.0568. The number of aliphatic hydroxyl groups is 1. The van der Waals surface area contributed by atoms with E-state index < -0.39 is 17.7 Å². The second-order valence-electron chi connectivity index (χ2n) is 6.26. The van der Waals surface area contributed by atoms with Gasteiger partial charge in [0.15, 0.2) is 11.6 Å². The summed E-state index contributed by atoms with van der Waals surface area (Å²) in [4.78, 5) is 0. The van der Waals surface area contributed by atoms with E-state index in [1.54, 1.807) is 0 Å². The van der Waals surface area contributed by atoms with Crippen molar-refractivity contribution < 1.29 is 18.6 Å². The summed E-state index contributed by atoms with van der Waals surface area (Å²) in [6.07, 6.45) is 4.79. The Balaban J connectivity index is 2.10. The van der Waals surface area contributed by atoms with E-state index in [0.29, 0.717) is 12.5 Å². The van der Waals surface area contributed by atoms with Gasteiger partial charge in [-0.2, -0.15) is 4.39 Å². The molecule has 22 heavy (non-hydrogen) atoms. The van der Waals surface area contributed by atoms with Gasteiger partial charge in [-0.3, -0.25) is 0 Å². The lowest BCUT2D eigenvalue weighted by Crippen LogP contribution is -2.21. The molecule has 1 aromatic rings. The molecule has 1 unspecified atom stereocenters. The molecule has 1 atom stereocenters. The van der Waals surface area contributed by atoms with Crippen LogP contribution in [0, 0.1) is 23.5 Å². The SMILES string of the molecule is CCCOc1ccc(C(O)C2CCC(CC)CC2)c(F)c1F. The van der Waals surface area contributed by atoms with Crippen molar-refractivity contribution >= 4 is 0 Å². The third kappa shape index (κ3) is 3.78. The first-order chi connectivity index (χ1) is 10.6. The van der Waals surface area contributed by atoms with Crippen LogP contribution in [0.25, 0.3) is 0 Å². The fourth-order valence-corrected chi connectivity index (χ4v) is 3.26. The van der Waals surface area contributed by atoms with Gasteiger partial charge in [0.1, 0.15) is 0 Å². The quantitative estimate of drug-likeness (QED) is 0.800. The van der Waals surface area contributed by atoms with Crippen LogP contribution in [0.3, 0.4) is 0 Å². The Hall–Kier alpha value is -1.16. The number of rotatable bonds is 6. The van der Waals surface area contributed by atoms with E-state index in [1.807, 2.05) is 6.92 Å². The maximum Gasteiger partial charge on any atom is 0.200 e. The molecule has 0 aliphatic heterocycles. The molecule has 1 aromatic carbocycles. The molecule has 1 aliphatic rings. The number of hydrogen-bond donors (Lipinski definition) is 1. The van der Waals surface area contributed by atoms with Gasteiger partial charge in [0, 0.05) is 5.56 Å². The molecule has 1 aliphatic carbocycles. The Labute approximate surface area is 131 Å². The molecule has 0 spiro atoms. The van der Waals surface area contributed by atoms with Crippen LogP contribution < -0.4 is 4.74 Å². The summed E-state index contributed by atoms with van der Waals surface area (Å²) in [6, 6.07) is 2.88. The summed E-state index contributed by atoms with van der Waals surface area (Å²) < 4.78 is 33.4. The van der Waals surface area contributed by atoms with Crippen LogP contribution in [0.4, 0.5) is 8.78 Å². The zero-order valence-corrected chi connectivity index (χ0v) is 13.4. The van der Waals surface area contributed by atoms with Crippen LogP contribution in [0.15, 0.2) is 12.1 Å². The molecule has 124 valence electrons. The molecule has 1 fully saturated rings. The van der Waals surface area contributed by atoms with E-state index in [9.17, 15) is 13.9 Å². The molecule has 0 radical (unpaired) electrons. The van der Waals surface area contributed by atoms with Gasteiger partial charge < -0.3 is 9.84 Å². The minimum atomic E-state index is -0.993. The Morgan fingerprint density at radius 2 is 1.82 bits per heavy atom. The van der Waals surface area contributed by atoms with Crippen LogP contribution in [-0.2, 0) is 0 Å². The molecule has 4 heteroatoms. The van der Waals surface area contributed by atoms with Gasteiger partial charge in [-0.1, -0.05) is 33.1 Å². The van der Waals surface area contributed by atoms with Gasteiger partial charge >= 0.3 is 0 Å². The predicted octanol–water partition coefficient (Wildman–Crippen LogP) is 5.00. The first kappa shape index (κ1) is 17.2. The summed E-state index contributed by atoms with van der Waals surface area (Å²) >= 11 is 0. The van der Waals surface area contributed by atoms with Gasteiger partial charge in [-0.05, 0) is 43.2 Å². The van der Waals surface area contributed by atoms with E-state index >= 15 is 0 Å². The Bertz CT molecular complexity index is 482. The molecular weight excluding hydrogens is 286 g/mol. The van der Waals surface area contributed by atoms with Crippen molar-refractivity contribution in [2.75, 3.05) is 6.61 Å². The van der Waals surface area contributed by atoms with Crippen molar-refractivity contribution in [2.45, 2.75) is 58.5 Å². The smallest absolute Gasteiger partial charge is 0.200 e. The third-order valence-corrected chi connectivity index (χ3v) is 4.77. The molecule has 2 nitrogen and oxygen atoms in total. The fraction of sp³-hybridized carbons (Fsp3) is 0.667. The highest BCUT2D eigenvalue weighted by Crippen LogP contribution is 2.39. The van der Waals surface area contributed by atoms with Crippen molar-refractivity contribution in [2.24, 2.45) is 11.8 Å². The lowest BCUT2D eigenvalue weighted by molar-refractivity contribution is 0.0693. The standard InChI is InChI=1S/C18H26F2O2/c1-3-11-22-15-10-9-14(16(19)17(15)20)18(21)13-7-5-12(4-2)6-8-13/h9-10,12-13,18,21H,3-8,11H2,1-2H3. The maximum absolute atomic E-state index is 14.2. The molecule has 0 amide bonds. The van der Waals surface area contributed by atoms with Crippen LogP contribution in [-0.4, -0.2) is 11.7 Å². The molecule has 1 N–H and O–H groups in total. The largest absolute Gasteiger partial charge is 0.490 e. The molecule has 2 rings (SSSR count). The summed E-state index contributed by atoms with van der Waals surface area (Å²) in [5, 5.41) is 10.4. The predicted molar refractivity (Wildman–Crippen MR) is 82.8 cm³/mol. The second kappa shape index (κ2) is 7.91. The molecule has 0 bridgehead atoms. The van der Waals surface area contributed by atoms with Crippen molar-refractivity contribution in [1.29, 1.82) is 0 Å². The Morgan fingerprint density at radius 3 is 2.41 bits per heavy atom. The van der Waals surface area contributed by atoms with E-state index in [-0.39, 0.29) is 17.2 Å². The topological polar surface area (TPSA) is 29.5 Å². The Kier molecular flexibility index (Phi) is 6.18. The highest BCUT2D eigenvalue weighted by Gasteiger charge is 2.29. The van der Waals surface area contributed by atoms with Crippen LogP contribution >= 0.6 is 0 Å². The molecule has 0 aromatic heterocycles. The summed E-state index contributed by atoms with van der Waals surface area (Å²) in [6.45, 7) is 4.42. The first-order valence-electron chi connectivity index (χ1n) is 8.37. The summed E-state index contributed by atoms with van der Waals surface area (Å²) in [5.74, 6) is -1.33. The fourth-order valence-electron chi connectivity index (χ4n) is 3.26. The normalized spacial score (nSPS) is 23.3. The van der Waals surface area contributed by atoms with Gasteiger partial charge in [-0.15, -0.1) is 0 Å². The second-order valence-corrected chi connectivity index (χ2v) is 6.26. The molecule has 0 heterocycles. The number of hydrogen-bond acceptors (Lipinski definition) is 2. The van der Waals surface area contributed by atoms with E-state index in [1.165, 1.54) is 12.1 Å². The van der Waals surface area contributed by atoms with Crippen molar-refractivity contribution in [3.8, 4) is 5.75 Å². The Morgan fingerprint density at radius 1 is 1.14 bits per heavy atom. The lowest BCUT2D eigenvalue weighted by Gasteiger charge is -2.31. The number of halogens is 2. The monoisotopic (exact) mass is 312 g/mol. The van der Waals surface area contributed by atoms with E-state index in [0.717, 1.165) is 38.5 Å². The van der Waals surface area contributed by atoms with Gasteiger partial charge in [-0.25, -0.2) is 4.39 Å². The van der Waals surface area contributed by atoms with Crippen LogP contribution in [0.1, 0.15) is 64.0 Å². The third-order valence-electron chi connectivity index (χ3n) is 4.77. The zero-order valence-electron chi connectivity index (χ0n) is 13.4. The maximum atomic E-state index is 14.2. The first-order valence-corrected chi connectivity index (χ1v) is 8.37.